The highest BCUT2D eigenvalue weighted by Gasteiger charge is 2.28. The van der Waals surface area contributed by atoms with E-state index in [-0.39, 0.29) is 24.4 Å². The number of likely N-dealkylation sites (tertiary alicyclic amines) is 1. The number of hydrogen-bond donors (Lipinski definition) is 1. The zero-order valence-electron chi connectivity index (χ0n) is 19.2. The van der Waals surface area contributed by atoms with Crippen LogP contribution < -0.4 is 5.32 Å². The molecule has 0 aromatic heterocycles. The van der Waals surface area contributed by atoms with Crippen LogP contribution in [-0.4, -0.2) is 54.3 Å². The van der Waals surface area contributed by atoms with Crippen LogP contribution in [0.3, 0.4) is 0 Å². The summed E-state index contributed by atoms with van der Waals surface area (Å²) in [4.78, 5) is 29.4. The molecule has 0 bridgehead atoms. The number of nitrogens with one attached hydrogen (secondary N) is 1. The van der Waals surface area contributed by atoms with E-state index < -0.39 is 0 Å². The molecule has 5 heteroatoms. The van der Waals surface area contributed by atoms with Crippen LogP contribution in [0, 0.1) is 19.8 Å². The van der Waals surface area contributed by atoms with Gasteiger partial charge in [0, 0.05) is 18.8 Å². The number of amides is 2. The van der Waals surface area contributed by atoms with Gasteiger partial charge in [-0.05, 0) is 69.7 Å². The maximum atomic E-state index is 13.0. The van der Waals surface area contributed by atoms with Gasteiger partial charge in [-0.1, -0.05) is 48.5 Å². The first-order chi connectivity index (χ1) is 14.8. The van der Waals surface area contributed by atoms with Crippen LogP contribution in [0.25, 0.3) is 0 Å². The van der Waals surface area contributed by atoms with Gasteiger partial charge in [-0.2, -0.15) is 0 Å². The van der Waals surface area contributed by atoms with Gasteiger partial charge in [-0.15, -0.1) is 0 Å². The van der Waals surface area contributed by atoms with Crippen molar-refractivity contribution < 1.29 is 9.59 Å². The first-order valence-electron chi connectivity index (χ1n) is 11.2. The summed E-state index contributed by atoms with van der Waals surface area (Å²) in [5, 5.41) is 3.01. The number of carbonyl (C=O) groups is 2. The van der Waals surface area contributed by atoms with E-state index in [2.05, 4.69) is 29.6 Å². The fourth-order valence-corrected chi connectivity index (χ4v) is 4.31. The number of piperidine rings is 1. The van der Waals surface area contributed by atoms with Crippen molar-refractivity contribution in [2.75, 3.05) is 32.0 Å². The van der Waals surface area contributed by atoms with E-state index in [1.54, 1.807) is 0 Å². The Morgan fingerprint density at radius 3 is 2.26 bits per heavy atom. The second-order valence-corrected chi connectivity index (χ2v) is 8.86. The standard InChI is InChI=1S/C26H35N3O2/c1-19-9-8-10-20(2)25(19)27-24(30)18-28(4)21(3)26(31)29-15-13-23(14-16-29)17-22-11-6-5-7-12-22/h5-12,21,23H,13-18H2,1-4H3,(H,27,30). The number of hydrogen-bond acceptors (Lipinski definition) is 3. The first kappa shape index (κ1) is 23.0. The maximum absolute atomic E-state index is 13.0. The van der Waals surface area contributed by atoms with E-state index >= 15 is 0 Å². The molecule has 0 radical (unpaired) electrons. The van der Waals surface area contributed by atoms with Crippen LogP contribution >= 0.6 is 0 Å². The summed E-state index contributed by atoms with van der Waals surface area (Å²) in [6, 6.07) is 16.2. The summed E-state index contributed by atoms with van der Waals surface area (Å²) in [5.41, 5.74) is 4.31. The minimum Gasteiger partial charge on any atom is -0.341 e. The minimum absolute atomic E-state index is 0.0962. The Kier molecular flexibility index (Phi) is 7.85. The Hall–Kier alpha value is -2.66. The number of nitrogens with zero attached hydrogens (tertiary/aromatic N) is 2. The number of likely N-dealkylation sites (N-methyl/N-ethyl adjacent to an activating group) is 1. The third kappa shape index (κ3) is 6.17. The molecule has 5 nitrogen and oxygen atoms in total. The zero-order chi connectivity index (χ0) is 22.4. The molecule has 1 N–H and O–H groups in total. The molecule has 1 atom stereocenters. The molecule has 1 fully saturated rings. The van der Waals surface area contributed by atoms with Crippen molar-refractivity contribution in [3.8, 4) is 0 Å². The fraction of sp³-hybridized carbons (Fsp3) is 0.462. The first-order valence-corrected chi connectivity index (χ1v) is 11.2. The Bertz CT molecular complexity index is 869. The van der Waals surface area contributed by atoms with Gasteiger partial charge in [0.05, 0.1) is 12.6 Å². The third-order valence-electron chi connectivity index (χ3n) is 6.45. The lowest BCUT2D eigenvalue weighted by atomic mass is 9.90. The van der Waals surface area contributed by atoms with Gasteiger partial charge in [0.1, 0.15) is 0 Å². The molecule has 1 unspecified atom stereocenters. The molecule has 166 valence electrons. The molecule has 0 spiro atoms. The van der Waals surface area contributed by atoms with Gasteiger partial charge >= 0.3 is 0 Å². The van der Waals surface area contributed by atoms with Crippen LogP contribution in [-0.2, 0) is 16.0 Å². The van der Waals surface area contributed by atoms with Crippen LogP contribution in [0.15, 0.2) is 48.5 Å². The molecule has 1 heterocycles. The van der Waals surface area contributed by atoms with E-state index in [1.165, 1.54) is 5.56 Å². The summed E-state index contributed by atoms with van der Waals surface area (Å²) >= 11 is 0. The van der Waals surface area contributed by atoms with Crippen LogP contribution in [0.1, 0.15) is 36.5 Å². The predicted molar refractivity (Wildman–Crippen MR) is 126 cm³/mol. The lowest BCUT2D eigenvalue weighted by Gasteiger charge is -2.35. The highest BCUT2D eigenvalue weighted by molar-refractivity contribution is 5.94. The van der Waals surface area contributed by atoms with Crippen molar-refractivity contribution in [1.82, 2.24) is 9.80 Å². The highest BCUT2D eigenvalue weighted by Crippen LogP contribution is 2.23. The van der Waals surface area contributed by atoms with Crippen molar-refractivity contribution in [3.63, 3.8) is 0 Å². The molecule has 2 aromatic rings. The van der Waals surface area contributed by atoms with E-state index in [0.29, 0.717) is 5.92 Å². The Morgan fingerprint density at radius 1 is 1.03 bits per heavy atom. The van der Waals surface area contributed by atoms with Gasteiger partial charge in [0.2, 0.25) is 11.8 Å². The van der Waals surface area contributed by atoms with E-state index in [9.17, 15) is 9.59 Å². The van der Waals surface area contributed by atoms with Crippen molar-refractivity contribution in [1.29, 1.82) is 0 Å². The summed E-state index contributed by atoms with van der Waals surface area (Å²) in [7, 11) is 1.84. The number of carbonyl (C=O) groups excluding carboxylic acids is 2. The lowest BCUT2D eigenvalue weighted by molar-refractivity contribution is -0.137. The van der Waals surface area contributed by atoms with E-state index in [4.69, 9.17) is 0 Å². The molecule has 2 aromatic carbocycles. The topological polar surface area (TPSA) is 52.7 Å². The second-order valence-electron chi connectivity index (χ2n) is 8.86. The number of rotatable bonds is 7. The van der Waals surface area contributed by atoms with Gasteiger partial charge < -0.3 is 10.2 Å². The van der Waals surface area contributed by atoms with Crippen molar-refractivity contribution in [2.45, 2.75) is 46.1 Å². The Morgan fingerprint density at radius 2 is 1.65 bits per heavy atom. The maximum Gasteiger partial charge on any atom is 0.239 e. The molecule has 31 heavy (non-hydrogen) atoms. The lowest BCUT2D eigenvalue weighted by Crippen LogP contribution is -2.50. The molecule has 1 aliphatic rings. The summed E-state index contributed by atoms with van der Waals surface area (Å²) in [6.45, 7) is 7.64. The quantitative estimate of drug-likeness (QED) is 0.734. The van der Waals surface area contributed by atoms with Crippen LogP contribution in [0.4, 0.5) is 5.69 Å². The van der Waals surface area contributed by atoms with Gasteiger partial charge in [0.15, 0.2) is 0 Å². The van der Waals surface area contributed by atoms with Gasteiger partial charge in [0.25, 0.3) is 0 Å². The summed E-state index contributed by atoms with van der Waals surface area (Å²) in [5.74, 6) is 0.643. The molecule has 3 rings (SSSR count). The fourth-order valence-electron chi connectivity index (χ4n) is 4.31. The van der Waals surface area contributed by atoms with Crippen LogP contribution in [0.5, 0.6) is 0 Å². The largest absolute Gasteiger partial charge is 0.341 e. The average molecular weight is 422 g/mol. The molecular weight excluding hydrogens is 386 g/mol. The third-order valence-corrected chi connectivity index (χ3v) is 6.45. The summed E-state index contributed by atoms with van der Waals surface area (Å²) < 4.78 is 0. The molecule has 2 amide bonds. The van der Waals surface area contributed by atoms with Gasteiger partial charge in [-0.25, -0.2) is 0 Å². The predicted octanol–water partition coefficient (Wildman–Crippen LogP) is 4.04. The van der Waals surface area contributed by atoms with E-state index in [0.717, 1.165) is 49.2 Å². The molecular formula is C26H35N3O2. The molecule has 0 aliphatic carbocycles. The Balaban J connectivity index is 1.47. The minimum atomic E-state index is -0.325. The SMILES string of the molecule is Cc1cccc(C)c1NC(=O)CN(C)C(C)C(=O)N1CCC(Cc2ccccc2)CC1. The Labute approximate surface area is 186 Å². The molecule has 0 saturated carbocycles. The van der Waals surface area contributed by atoms with Crippen LogP contribution in [0.2, 0.25) is 0 Å². The normalized spacial score (nSPS) is 15.7. The van der Waals surface area contributed by atoms with Crippen molar-refractivity contribution in [3.05, 3.63) is 65.2 Å². The van der Waals surface area contributed by atoms with Gasteiger partial charge in [-0.3, -0.25) is 14.5 Å². The monoisotopic (exact) mass is 421 g/mol. The molecule has 1 saturated heterocycles. The van der Waals surface area contributed by atoms with E-state index in [1.807, 2.05) is 61.9 Å². The zero-order valence-corrected chi connectivity index (χ0v) is 19.2. The second kappa shape index (κ2) is 10.6. The highest BCUT2D eigenvalue weighted by atomic mass is 16.2. The number of para-hydroxylation sites is 1. The smallest absolute Gasteiger partial charge is 0.239 e. The average Bonchev–Trinajstić information content (AvgIpc) is 2.76. The summed E-state index contributed by atoms with van der Waals surface area (Å²) in [6.07, 6.45) is 3.14. The molecule has 1 aliphatic heterocycles. The number of anilines is 1. The van der Waals surface area contributed by atoms with Crippen molar-refractivity contribution >= 4 is 17.5 Å². The number of benzene rings is 2. The van der Waals surface area contributed by atoms with Crippen molar-refractivity contribution in [2.24, 2.45) is 5.92 Å². The number of aryl methyl sites for hydroxylation is 2.